The van der Waals surface area contributed by atoms with Crippen LogP contribution in [-0.4, -0.2) is 43.7 Å². The highest BCUT2D eigenvalue weighted by atomic mass is 16.7. The molecule has 1 aliphatic rings. The van der Waals surface area contributed by atoms with Crippen molar-refractivity contribution in [3.63, 3.8) is 0 Å². The van der Waals surface area contributed by atoms with Gasteiger partial charge in [-0.15, -0.1) is 0 Å². The smallest absolute Gasteiger partial charge is 0.251 e. The van der Waals surface area contributed by atoms with E-state index in [0.717, 1.165) is 11.3 Å². The SMILES string of the molecule is COc1ccccc1CN(CCNC(=O)c1ccc2c(c1)OCO2)C(C)=O. The van der Waals surface area contributed by atoms with Crippen molar-refractivity contribution in [1.29, 1.82) is 0 Å². The number of carbonyl (C=O) groups is 2. The highest BCUT2D eigenvalue weighted by Gasteiger charge is 2.17. The molecule has 142 valence electrons. The van der Waals surface area contributed by atoms with Crippen LogP contribution in [0.25, 0.3) is 0 Å². The molecule has 1 heterocycles. The molecule has 7 heteroatoms. The number of methoxy groups -OCH3 is 1. The Balaban J connectivity index is 1.56. The molecule has 27 heavy (non-hydrogen) atoms. The van der Waals surface area contributed by atoms with Crippen molar-refractivity contribution in [2.45, 2.75) is 13.5 Å². The minimum absolute atomic E-state index is 0.0711. The fraction of sp³-hybridized carbons (Fsp3) is 0.300. The maximum absolute atomic E-state index is 12.3. The third kappa shape index (κ3) is 4.49. The summed E-state index contributed by atoms with van der Waals surface area (Å²) < 4.78 is 15.9. The van der Waals surface area contributed by atoms with E-state index in [0.29, 0.717) is 36.7 Å². The quantitative estimate of drug-likeness (QED) is 0.809. The number of hydrogen-bond acceptors (Lipinski definition) is 5. The van der Waals surface area contributed by atoms with Crippen molar-refractivity contribution in [3.8, 4) is 17.2 Å². The number of nitrogens with one attached hydrogen (secondary N) is 1. The summed E-state index contributed by atoms with van der Waals surface area (Å²) in [4.78, 5) is 26.0. The monoisotopic (exact) mass is 370 g/mol. The van der Waals surface area contributed by atoms with Gasteiger partial charge in [0.15, 0.2) is 11.5 Å². The molecule has 2 amide bonds. The summed E-state index contributed by atoms with van der Waals surface area (Å²) in [7, 11) is 1.60. The topological polar surface area (TPSA) is 77.1 Å². The molecule has 0 radical (unpaired) electrons. The molecule has 1 aliphatic heterocycles. The second-order valence-corrected chi connectivity index (χ2v) is 6.08. The first-order chi connectivity index (χ1) is 13.1. The first kappa shape index (κ1) is 18.6. The molecule has 0 bridgehead atoms. The number of hydrogen-bond donors (Lipinski definition) is 1. The molecule has 1 N–H and O–H groups in total. The Hall–Kier alpha value is -3.22. The molecule has 7 nitrogen and oxygen atoms in total. The summed E-state index contributed by atoms with van der Waals surface area (Å²) in [5.41, 5.74) is 1.40. The van der Waals surface area contributed by atoms with Gasteiger partial charge in [-0.1, -0.05) is 18.2 Å². The zero-order valence-corrected chi connectivity index (χ0v) is 15.4. The second-order valence-electron chi connectivity index (χ2n) is 6.08. The van der Waals surface area contributed by atoms with E-state index in [4.69, 9.17) is 14.2 Å². The largest absolute Gasteiger partial charge is 0.496 e. The molecule has 0 aliphatic carbocycles. The van der Waals surface area contributed by atoms with E-state index in [-0.39, 0.29) is 18.6 Å². The number of ether oxygens (including phenoxy) is 3. The van der Waals surface area contributed by atoms with Gasteiger partial charge in [-0.25, -0.2) is 0 Å². The lowest BCUT2D eigenvalue weighted by Crippen LogP contribution is -2.37. The van der Waals surface area contributed by atoms with Crippen molar-refractivity contribution < 1.29 is 23.8 Å². The third-order valence-corrected chi connectivity index (χ3v) is 4.30. The Labute approximate surface area is 157 Å². The number of amides is 2. The van der Waals surface area contributed by atoms with Crippen LogP contribution in [0.1, 0.15) is 22.8 Å². The maximum Gasteiger partial charge on any atom is 0.251 e. The maximum atomic E-state index is 12.3. The summed E-state index contributed by atoms with van der Waals surface area (Å²) >= 11 is 0. The average Bonchev–Trinajstić information content (AvgIpc) is 3.15. The Kier molecular flexibility index (Phi) is 5.80. The van der Waals surface area contributed by atoms with Crippen LogP contribution < -0.4 is 19.5 Å². The standard InChI is InChI=1S/C20H22N2O5/c1-14(23)22(12-16-5-3-4-6-17(16)25-2)10-9-21-20(24)15-7-8-18-19(11-15)27-13-26-18/h3-8,11H,9-10,12-13H2,1-2H3,(H,21,24). The van der Waals surface area contributed by atoms with Gasteiger partial charge in [-0.3, -0.25) is 9.59 Å². The lowest BCUT2D eigenvalue weighted by atomic mass is 10.2. The van der Waals surface area contributed by atoms with E-state index in [1.165, 1.54) is 6.92 Å². The van der Waals surface area contributed by atoms with Gasteiger partial charge >= 0.3 is 0 Å². The number of rotatable bonds is 7. The van der Waals surface area contributed by atoms with Gasteiger partial charge in [0.05, 0.1) is 7.11 Å². The van der Waals surface area contributed by atoms with Crippen molar-refractivity contribution >= 4 is 11.8 Å². The number of nitrogens with zero attached hydrogens (tertiary/aromatic N) is 1. The molecule has 2 aromatic rings. The minimum atomic E-state index is -0.228. The van der Waals surface area contributed by atoms with Crippen molar-refractivity contribution in [3.05, 3.63) is 53.6 Å². The van der Waals surface area contributed by atoms with Gasteiger partial charge in [-0.05, 0) is 24.3 Å². The molecule has 0 fully saturated rings. The van der Waals surface area contributed by atoms with E-state index < -0.39 is 0 Å². The second kappa shape index (κ2) is 8.44. The molecular weight excluding hydrogens is 348 g/mol. The Morgan fingerprint density at radius 3 is 2.70 bits per heavy atom. The molecular formula is C20H22N2O5. The lowest BCUT2D eigenvalue weighted by molar-refractivity contribution is -0.129. The van der Waals surface area contributed by atoms with E-state index in [2.05, 4.69) is 5.32 Å². The van der Waals surface area contributed by atoms with Crippen LogP contribution in [0.2, 0.25) is 0 Å². The number of carbonyl (C=O) groups excluding carboxylic acids is 2. The summed E-state index contributed by atoms with van der Waals surface area (Å²) in [6.07, 6.45) is 0. The van der Waals surface area contributed by atoms with Gasteiger partial charge in [0.25, 0.3) is 5.91 Å². The average molecular weight is 370 g/mol. The number of fused-ring (bicyclic) bond motifs is 1. The first-order valence-corrected chi connectivity index (χ1v) is 8.63. The van der Waals surface area contributed by atoms with Crippen LogP contribution in [0.3, 0.4) is 0 Å². The third-order valence-electron chi connectivity index (χ3n) is 4.30. The van der Waals surface area contributed by atoms with Crippen molar-refractivity contribution in [2.24, 2.45) is 0 Å². The summed E-state index contributed by atoms with van der Waals surface area (Å²) in [5.74, 6) is 1.62. The van der Waals surface area contributed by atoms with Crippen molar-refractivity contribution in [1.82, 2.24) is 10.2 Å². The molecule has 0 saturated carbocycles. The van der Waals surface area contributed by atoms with Crippen LogP contribution in [0, 0.1) is 0 Å². The number of para-hydroxylation sites is 1. The van der Waals surface area contributed by atoms with Crippen LogP contribution >= 0.6 is 0 Å². The zero-order chi connectivity index (χ0) is 19.2. The predicted molar refractivity (Wildman–Crippen MR) is 99.0 cm³/mol. The van der Waals surface area contributed by atoms with Crippen LogP contribution in [-0.2, 0) is 11.3 Å². The lowest BCUT2D eigenvalue weighted by Gasteiger charge is -2.22. The summed E-state index contributed by atoms with van der Waals surface area (Å²) in [6, 6.07) is 12.6. The van der Waals surface area contributed by atoms with Crippen molar-refractivity contribution in [2.75, 3.05) is 27.0 Å². The molecule has 0 atom stereocenters. The minimum Gasteiger partial charge on any atom is -0.496 e. The Morgan fingerprint density at radius 2 is 1.93 bits per heavy atom. The normalized spacial score (nSPS) is 11.8. The summed E-state index contributed by atoms with van der Waals surface area (Å²) in [6.45, 7) is 2.82. The number of benzene rings is 2. The highest BCUT2D eigenvalue weighted by Crippen LogP contribution is 2.32. The van der Waals surface area contributed by atoms with E-state index >= 15 is 0 Å². The van der Waals surface area contributed by atoms with Gasteiger partial charge < -0.3 is 24.4 Å². The van der Waals surface area contributed by atoms with Gasteiger partial charge in [-0.2, -0.15) is 0 Å². The van der Waals surface area contributed by atoms with E-state index in [1.807, 2.05) is 24.3 Å². The fourth-order valence-electron chi connectivity index (χ4n) is 2.83. The van der Waals surface area contributed by atoms with Gasteiger partial charge in [0.1, 0.15) is 5.75 Å². The zero-order valence-electron chi connectivity index (χ0n) is 15.4. The molecule has 3 rings (SSSR count). The van der Waals surface area contributed by atoms with Crippen LogP contribution in [0.15, 0.2) is 42.5 Å². The van der Waals surface area contributed by atoms with Gasteiger partial charge in [0.2, 0.25) is 12.7 Å². The highest BCUT2D eigenvalue weighted by molar-refractivity contribution is 5.94. The van der Waals surface area contributed by atoms with Crippen LogP contribution in [0.4, 0.5) is 0 Å². The first-order valence-electron chi connectivity index (χ1n) is 8.63. The fourth-order valence-corrected chi connectivity index (χ4v) is 2.83. The Morgan fingerprint density at radius 1 is 1.15 bits per heavy atom. The molecule has 0 unspecified atom stereocenters. The molecule has 0 spiro atoms. The van der Waals surface area contributed by atoms with E-state index in [1.54, 1.807) is 30.2 Å². The molecule has 0 aromatic heterocycles. The molecule has 0 saturated heterocycles. The predicted octanol–water partition coefficient (Wildman–Crippen LogP) is 2.20. The van der Waals surface area contributed by atoms with E-state index in [9.17, 15) is 9.59 Å². The van der Waals surface area contributed by atoms with Crippen LogP contribution in [0.5, 0.6) is 17.2 Å². The Bertz CT molecular complexity index is 837. The summed E-state index contributed by atoms with van der Waals surface area (Å²) in [5, 5.41) is 2.83. The molecule has 2 aromatic carbocycles. The van der Waals surface area contributed by atoms with Gasteiger partial charge in [0, 0.05) is 37.7 Å².